The molecule has 0 saturated heterocycles. The topological polar surface area (TPSA) is 49.5 Å². The Morgan fingerprint density at radius 3 is 2.47 bits per heavy atom. The predicted molar refractivity (Wildman–Crippen MR) is 62.8 cm³/mol. The zero-order chi connectivity index (χ0) is 11.3. The molecule has 0 saturated carbocycles. The zero-order valence-electron chi connectivity index (χ0n) is 9.48. The van der Waals surface area contributed by atoms with E-state index in [1.807, 2.05) is 12.1 Å². The van der Waals surface area contributed by atoms with Crippen LogP contribution < -0.4 is 5.73 Å². The third-order valence-electron chi connectivity index (χ3n) is 2.75. The minimum absolute atomic E-state index is 0.315. The first-order chi connectivity index (χ1) is 7.15. The van der Waals surface area contributed by atoms with E-state index < -0.39 is 0 Å². The second-order valence-electron chi connectivity index (χ2n) is 3.89. The summed E-state index contributed by atoms with van der Waals surface area (Å²) in [5, 5.41) is 9.19. The van der Waals surface area contributed by atoms with Crippen molar-refractivity contribution in [3.05, 3.63) is 29.8 Å². The van der Waals surface area contributed by atoms with Crippen LogP contribution >= 0.6 is 0 Å². The number of aromatic hydroxyl groups is 1. The summed E-state index contributed by atoms with van der Waals surface area (Å²) in [6.07, 6.45) is 1.01. The van der Waals surface area contributed by atoms with E-state index in [9.17, 15) is 5.11 Å². The fourth-order valence-corrected chi connectivity index (χ4v) is 1.54. The maximum Gasteiger partial charge on any atom is 0.115 e. The third-order valence-corrected chi connectivity index (χ3v) is 2.75. The Morgan fingerprint density at radius 2 is 1.93 bits per heavy atom. The molecule has 0 aromatic heterocycles. The number of benzene rings is 1. The van der Waals surface area contributed by atoms with Crippen molar-refractivity contribution in [3.8, 4) is 5.75 Å². The van der Waals surface area contributed by atoms with E-state index in [1.54, 1.807) is 12.1 Å². The van der Waals surface area contributed by atoms with E-state index in [-0.39, 0.29) is 0 Å². The molecule has 3 heteroatoms. The van der Waals surface area contributed by atoms with E-state index in [0.717, 1.165) is 19.5 Å². The summed E-state index contributed by atoms with van der Waals surface area (Å²) in [5.41, 5.74) is 6.69. The van der Waals surface area contributed by atoms with Crippen LogP contribution in [-0.2, 0) is 0 Å². The normalized spacial score (nSPS) is 13.1. The van der Waals surface area contributed by atoms with Gasteiger partial charge >= 0.3 is 0 Å². The van der Waals surface area contributed by atoms with Gasteiger partial charge in [0.25, 0.3) is 0 Å². The number of nitrogens with zero attached hydrogens (tertiary/aromatic N) is 1. The first kappa shape index (κ1) is 12.0. The quantitative estimate of drug-likeness (QED) is 0.775. The van der Waals surface area contributed by atoms with Gasteiger partial charge in [0, 0.05) is 6.04 Å². The van der Waals surface area contributed by atoms with Gasteiger partial charge in [0.05, 0.1) is 0 Å². The molecule has 0 fully saturated rings. The predicted octanol–water partition coefficient (Wildman–Crippen LogP) is 1.73. The van der Waals surface area contributed by atoms with Crippen LogP contribution in [-0.4, -0.2) is 30.1 Å². The second-order valence-corrected chi connectivity index (χ2v) is 3.89. The smallest absolute Gasteiger partial charge is 0.115 e. The summed E-state index contributed by atoms with van der Waals surface area (Å²) >= 11 is 0. The van der Waals surface area contributed by atoms with Crippen molar-refractivity contribution in [2.75, 3.05) is 20.1 Å². The molecule has 1 atom stereocenters. The molecule has 0 heterocycles. The molecule has 1 unspecified atom stereocenters. The monoisotopic (exact) mass is 208 g/mol. The Morgan fingerprint density at radius 1 is 1.33 bits per heavy atom. The molecule has 3 nitrogen and oxygen atoms in total. The highest BCUT2D eigenvalue weighted by Gasteiger charge is 2.10. The first-order valence-electron chi connectivity index (χ1n) is 5.34. The van der Waals surface area contributed by atoms with Crippen LogP contribution in [0, 0.1) is 0 Å². The second kappa shape index (κ2) is 5.73. The highest BCUT2D eigenvalue weighted by atomic mass is 16.3. The van der Waals surface area contributed by atoms with Crippen molar-refractivity contribution in [3.63, 3.8) is 0 Å². The molecule has 1 aromatic rings. The molecular formula is C12H20N2O. The van der Waals surface area contributed by atoms with Gasteiger partial charge in [0.1, 0.15) is 5.75 Å². The van der Waals surface area contributed by atoms with Gasteiger partial charge < -0.3 is 10.8 Å². The lowest BCUT2D eigenvalue weighted by Crippen LogP contribution is -2.25. The Bertz CT molecular complexity index is 284. The minimum Gasteiger partial charge on any atom is -0.508 e. The molecule has 3 N–H and O–H groups in total. The van der Waals surface area contributed by atoms with Gasteiger partial charge in [-0.3, -0.25) is 4.90 Å². The van der Waals surface area contributed by atoms with E-state index in [1.165, 1.54) is 5.56 Å². The summed E-state index contributed by atoms with van der Waals surface area (Å²) in [7, 11) is 2.09. The van der Waals surface area contributed by atoms with Gasteiger partial charge in [0.2, 0.25) is 0 Å². The van der Waals surface area contributed by atoms with Crippen molar-refractivity contribution in [2.45, 2.75) is 19.4 Å². The van der Waals surface area contributed by atoms with Crippen molar-refractivity contribution in [1.82, 2.24) is 4.90 Å². The lowest BCUT2D eigenvalue weighted by molar-refractivity contribution is 0.260. The summed E-state index contributed by atoms with van der Waals surface area (Å²) in [4.78, 5) is 2.26. The number of nitrogens with two attached hydrogens (primary N) is 1. The average Bonchev–Trinajstić information content (AvgIpc) is 2.26. The lowest BCUT2D eigenvalue weighted by atomic mass is 10.1. The molecule has 1 rings (SSSR count). The van der Waals surface area contributed by atoms with Crippen LogP contribution in [0.1, 0.15) is 24.9 Å². The average molecular weight is 208 g/mol. The molecule has 0 bridgehead atoms. The minimum atomic E-state index is 0.315. The highest BCUT2D eigenvalue weighted by molar-refractivity contribution is 5.27. The van der Waals surface area contributed by atoms with Crippen molar-refractivity contribution in [1.29, 1.82) is 0 Å². The van der Waals surface area contributed by atoms with Crippen LogP contribution in [0.5, 0.6) is 5.75 Å². The Balaban J connectivity index is 2.59. The number of rotatable bonds is 5. The Kier molecular flexibility index (Phi) is 4.59. The van der Waals surface area contributed by atoms with Crippen LogP contribution in [0.3, 0.4) is 0 Å². The van der Waals surface area contributed by atoms with Gasteiger partial charge in [-0.2, -0.15) is 0 Å². The molecule has 0 aliphatic heterocycles. The van der Waals surface area contributed by atoms with Gasteiger partial charge in [-0.1, -0.05) is 12.1 Å². The van der Waals surface area contributed by atoms with Crippen molar-refractivity contribution in [2.24, 2.45) is 5.73 Å². The maximum absolute atomic E-state index is 9.19. The molecule has 0 radical (unpaired) electrons. The summed E-state index contributed by atoms with van der Waals surface area (Å²) in [6.45, 7) is 3.88. The first-order valence-corrected chi connectivity index (χ1v) is 5.34. The lowest BCUT2D eigenvalue weighted by Gasteiger charge is -2.24. The van der Waals surface area contributed by atoms with Gasteiger partial charge in [-0.05, 0) is 51.2 Å². The van der Waals surface area contributed by atoms with Gasteiger partial charge in [-0.25, -0.2) is 0 Å². The molecular weight excluding hydrogens is 188 g/mol. The number of hydrogen-bond donors (Lipinski definition) is 2. The Labute approximate surface area is 91.5 Å². The van der Waals surface area contributed by atoms with Gasteiger partial charge in [-0.15, -0.1) is 0 Å². The molecule has 0 aliphatic carbocycles. The van der Waals surface area contributed by atoms with Crippen LogP contribution in [0.15, 0.2) is 24.3 Å². The highest BCUT2D eigenvalue weighted by Crippen LogP contribution is 2.20. The molecule has 0 aliphatic rings. The van der Waals surface area contributed by atoms with Crippen LogP contribution in [0.4, 0.5) is 0 Å². The summed E-state index contributed by atoms with van der Waals surface area (Å²) in [5.74, 6) is 0.315. The van der Waals surface area contributed by atoms with E-state index in [2.05, 4.69) is 18.9 Å². The molecule has 0 spiro atoms. The fraction of sp³-hybridized carbons (Fsp3) is 0.500. The standard InChI is InChI=1S/C12H20N2O/c1-10(14(2)9-3-8-13)11-4-6-12(15)7-5-11/h4-7,10,15H,3,8-9,13H2,1-2H3. The van der Waals surface area contributed by atoms with Crippen LogP contribution in [0.2, 0.25) is 0 Å². The Hall–Kier alpha value is -1.06. The van der Waals surface area contributed by atoms with Gasteiger partial charge in [0.15, 0.2) is 0 Å². The number of phenolic OH excluding ortho intramolecular Hbond substituents is 1. The maximum atomic E-state index is 9.19. The molecule has 15 heavy (non-hydrogen) atoms. The molecule has 1 aromatic carbocycles. The fourth-order valence-electron chi connectivity index (χ4n) is 1.54. The molecule has 0 amide bonds. The van der Waals surface area contributed by atoms with E-state index in [0.29, 0.717) is 11.8 Å². The van der Waals surface area contributed by atoms with E-state index >= 15 is 0 Å². The van der Waals surface area contributed by atoms with Crippen molar-refractivity contribution >= 4 is 0 Å². The van der Waals surface area contributed by atoms with E-state index in [4.69, 9.17) is 5.73 Å². The SMILES string of the molecule is CC(c1ccc(O)cc1)N(C)CCCN. The van der Waals surface area contributed by atoms with Crippen LogP contribution in [0.25, 0.3) is 0 Å². The zero-order valence-corrected chi connectivity index (χ0v) is 9.48. The van der Waals surface area contributed by atoms with Crippen molar-refractivity contribution < 1.29 is 5.11 Å². The largest absolute Gasteiger partial charge is 0.508 e. The summed E-state index contributed by atoms with van der Waals surface area (Å²) < 4.78 is 0. The molecule has 84 valence electrons. The number of phenols is 1. The number of hydrogen-bond acceptors (Lipinski definition) is 3. The summed E-state index contributed by atoms with van der Waals surface area (Å²) in [6, 6.07) is 7.72. The third kappa shape index (κ3) is 3.53.